The smallest absolute Gasteiger partial charge is 0.253 e. The summed E-state index contributed by atoms with van der Waals surface area (Å²) < 4.78 is 12.9. The Labute approximate surface area is 187 Å². The van der Waals surface area contributed by atoms with Crippen LogP contribution >= 0.6 is 0 Å². The van der Waals surface area contributed by atoms with E-state index in [1.807, 2.05) is 42.0 Å². The van der Waals surface area contributed by atoms with Gasteiger partial charge in [-0.05, 0) is 38.5 Å². The van der Waals surface area contributed by atoms with Gasteiger partial charge >= 0.3 is 0 Å². The van der Waals surface area contributed by atoms with E-state index in [1.54, 1.807) is 19.2 Å². The van der Waals surface area contributed by atoms with Crippen molar-refractivity contribution in [2.75, 3.05) is 26.4 Å². The number of aromatic nitrogens is 1. The zero-order chi connectivity index (χ0) is 22.7. The number of carbonyl (C=O) groups is 2. The van der Waals surface area contributed by atoms with E-state index in [1.165, 1.54) is 5.56 Å². The minimum absolute atomic E-state index is 0.112. The molecule has 8 heteroatoms. The monoisotopic (exact) mass is 436 g/mol. The molecule has 1 aromatic carbocycles. The molecule has 2 aromatic rings. The molecule has 0 atom stereocenters. The van der Waals surface area contributed by atoms with Crippen LogP contribution in [-0.4, -0.2) is 48.6 Å². The van der Waals surface area contributed by atoms with Crippen molar-refractivity contribution in [2.45, 2.75) is 32.7 Å². The average Bonchev–Trinajstić information content (AvgIpc) is 3.43. The van der Waals surface area contributed by atoms with Crippen LogP contribution in [0, 0.1) is 0 Å². The molecule has 1 fully saturated rings. The molecule has 1 aromatic heterocycles. The van der Waals surface area contributed by atoms with Crippen molar-refractivity contribution in [1.29, 1.82) is 0 Å². The van der Waals surface area contributed by atoms with E-state index in [2.05, 4.69) is 22.5 Å². The number of fused-ring (bicyclic) bond motifs is 1. The lowest BCUT2D eigenvalue weighted by molar-refractivity contribution is -0.118. The first-order valence-corrected chi connectivity index (χ1v) is 10.7. The van der Waals surface area contributed by atoms with Crippen molar-refractivity contribution in [1.82, 2.24) is 15.2 Å². The number of aliphatic imine (C=N–C) groups is 1. The molecular formula is C24H28N4O4. The van der Waals surface area contributed by atoms with Crippen LogP contribution in [0.1, 0.15) is 42.3 Å². The van der Waals surface area contributed by atoms with Gasteiger partial charge in [0.25, 0.3) is 5.91 Å². The van der Waals surface area contributed by atoms with E-state index < -0.39 is 0 Å². The van der Waals surface area contributed by atoms with E-state index in [0.717, 1.165) is 23.4 Å². The van der Waals surface area contributed by atoms with Crippen LogP contribution in [0.5, 0.6) is 5.75 Å². The molecule has 0 unspecified atom stereocenters. The first-order chi connectivity index (χ1) is 15.4. The minimum atomic E-state index is -0.342. The van der Waals surface area contributed by atoms with Crippen LogP contribution in [0.25, 0.3) is 5.70 Å². The number of hydrogen-bond donors (Lipinski definition) is 2. The van der Waals surface area contributed by atoms with Crippen molar-refractivity contribution in [3.63, 3.8) is 0 Å². The molecule has 1 saturated heterocycles. The summed E-state index contributed by atoms with van der Waals surface area (Å²) in [6, 6.07) is 7.76. The predicted octanol–water partition coefficient (Wildman–Crippen LogP) is 2.49. The molecule has 168 valence electrons. The van der Waals surface area contributed by atoms with E-state index >= 15 is 0 Å². The van der Waals surface area contributed by atoms with Gasteiger partial charge in [0, 0.05) is 24.4 Å². The Kier molecular flexibility index (Phi) is 6.14. The fourth-order valence-corrected chi connectivity index (χ4v) is 3.75. The van der Waals surface area contributed by atoms with Gasteiger partial charge in [-0.25, -0.2) is 4.99 Å². The third-order valence-electron chi connectivity index (χ3n) is 5.69. The quantitative estimate of drug-likeness (QED) is 0.537. The molecular weight excluding hydrogens is 408 g/mol. The molecule has 2 aliphatic heterocycles. The molecule has 0 saturated carbocycles. The van der Waals surface area contributed by atoms with Gasteiger partial charge < -0.3 is 24.7 Å². The van der Waals surface area contributed by atoms with Crippen molar-refractivity contribution in [3.8, 4) is 5.75 Å². The predicted molar refractivity (Wildman–Crippen MR) is 122 cm³/mol. The average molecular weight is 437 g/mol. The van der Waals surface area contributed by atoms with Gasteiger partial charge in [0.05, 0.1) is 43.2 Å². The number of nitrogens with zero attached hydrogens (tertiary/aromatic N) is 2. The summed E-state index contributed by atoms with van der Waals surface area (Å²) in [6.45, 7) is 7.48. The molecule has 2 N–H and O–H groups in total. The number of nitrogens with one attached hydrogen (secondary N) is 2. The Balaban J connectivity index is 1.31. The zero-order valence-electron chi connectivity index (χ0n) is 18.6. The Morgan fingerprint density at radius 1 is 1.25 bits per heavy atom. The number of amides is 2. The number of amidine groups is 1. The number of benzene rings is 1. The largest absolute Gasteiger partial charge is 0.493 e. The summed E-state index contributed by atoms with van der Waals surface area (Å²) in [5.74, 6) is 0.688. The Hall–Kier alpha value is -3.39. The number of rotatable bonds is 6. The molecule has 0 radical (unpaired) electrons. The molecule has 3 heterocycles. The van der Waals surface area contributed by atoms with Crippen molar-refractivity contribution in [2.24, 2.45) is 4.99 Å². The lowest BCUT2D eigenvalue weighted by Crippen LogP contribution is -2.48. The van der Waals surface area contributed by atoms with Crippen molar-refractivity contribution >= 4 is 23.3 Å². The number of ether oxygens (including phenoxy) is 2. The van der Waals surface area contributed by atoms with E-state index in [9.17, 15) is 9.59 Å². The third kappa shape index (κ3) is 4.60. The van der Waals surface area contributed by atoms with Crippen LogP contribution in [0.2, 0.25) is 0 Å². The second kappa shape index (κ2) is 9.00. The standard InChI is InChI=1S/C24H28N4O4/c1-4-20(18-6-5-17-8-10-32-21(17)11-18)26-16(2)27-22(29)12-25-23(30)19-7-9-28(13-19)24(3)14-31-15-24/h4-7,9,11,13H,8,10,12,14-15H2,1-3H3,(H,25,30)(H,26,27,29)/b20-4-. The summed E-state index contributed by atoms with van der Waals surface area (Å²) in [5, 5.41) is 5.37. The van der Waals surface area contributed by atoms with Crippen LogP contribution in [-0.2, 0) is 21.5 Å². The molecule has 2 aliphatic rings. The summed E-state index contributed by atoms with van der Waals surface area (Å²) in [6.07, 6.45) is 6.44. The third-order valence-corrected chi connectivity index (χ3v) is 5.69. The number of allylic oxidation sites excluding steroid dienone is 1. The van der Waals surface area contributed by atoms with E-state index in [-0.39, 0.29) is 23.9 Å². The summed E-state index contributed by atoms with van der Waals surface area (Å²) in [5.41, 5.74) is 3.25. The lowest BCUT2D eigenvalue weighted by atomic mass is 10.0. The van der Waals surface area contributed by atoms with Gasteiger partial charge in [0.15, 0.2) is 0 Å². The zero-order valence-corrected chi connectivity index (χ0v) is 18.6. The molecule has 4 rings (SSSR count). The number of carbonyl (C=O) groups excluding carboxylic acids is 2. The molecule has 0 bridgehead atoms. The van der Waals surface area contributed by atoms with Crippen LogP contribution in [0.15, 0.2) is 47.7 Å². The molecule has 0 aliphatic carbocycles. The van der Waals surface area contributed by atoms with Gasteiger partial charge in [-0.1, -0.05) is 18.2 Å². The summed E-state index contributed by atoms with van der Waals surface area (Å²) in [4.78, 5) is 29.2. The van der Waals surface area contributed by atoms with Gasteiger partial charge in [0.1, 0.15) is 11.6 Å². The normalized spacial score (nSPS) is 17.2. The van der Waals surface area contributed by atoms with Gasteiger partial charge in [0.2, 0.25) is 5.91 Å². The highest BCUT2D eigenvalue weighted by molar-refractivity contribution is 6.02. The van der Waals surface area contributed by atoms with Crippen LogP contribution in [0.4, 0.5) is 0 Å². The molecule has 2 amide bonds. The summed E-state index contributed by atoms with van der Waals surface area (Å²) in [7, 11) is 0. The second-order valence-corrected chi connectivity index (χ2v) is 8.32. The lowest BCUT2D eigenvalue weighted by Gasteiger charge is -2.39. The minimum Gasteiger partial charge on any atom is -0.493 e. The Bertz CT molecular complexity index is 1100. The molecule has 0 spiro atoms. The highest BCUT2D eigenvalue weighted by Gasteiger charge is 2.35. The van der Waals surface area contributed by atoms with Crippen molar-refractivity contribution < 1.29 is 19.1 Å². The number of hydrogen-bond acceptors (Lipinski definition) is 5. The van der Waals surface area contributed by atoms with Crippen LogP contribution in [0.3, 0.4) is 0 Å². The fraction of sp³-hybridized carbons (Fsp3) is 0.375. The maximum atomic E-state index is 12.4. The Morgan fingerprint density at radius 3 is 2.78 bits per heavy atom. The first kappa shape index (κ1) is 21.8. The maximum absolute atomic E-state index is 12.4. The maximum Gasteiger partial charge on any atom is 0.253 e. The molecule has 8 nitrogen and oxygen atoms in total. The SMILES string of the molecule is C/C=C(\N=C(/C)NC(=O)CNC(=O)c1ccn(C2(C)COC2)c1)c1ccc2c(c1)OCC2. The van der Waals surface area contributed by atoms with Gasteiger partial charge in [-0.3, -0.25) is 9.59 Å². The van der Waals surface area contributed by atoms with Crippen molar-refractivity contribution in [3.05, 3.63) is 59.4 Å². The van der Waals surface area contributed by atoms with Gasteiger partial charge in [-0.15, -0.1) is 0 Å². The summed E-state index contributed by atoms with van der Waals surface area (Å²) >= 11 is 0. The highest BCUT2D eigenvalue weighted by atomic mass is 16.5. The molecule has 32 heavy (non-hydrogen) atoms. The first-order valence-electron chi connectivity index (χ1n) is 10.7. The van der Waals surface area contributed by atoms with E-state index in [0.29, 0.717) is 31.2 Å². The van der Waals surface area contributed by atoms with E-state index in [4.69, 9.17) is 9.47 Å². The second-order valence-electron chi connectivity index (χ2n) is 8.32. The topological polar surface area (TPSA) is 94.0 Å². The Morgan fingerprint density at radius 2 is 2.06 bits per heavy atom. The fourth-order valence-electron chi connectivity index (χ4n) is 3.75. The van der Waals surface area contributed by atoms with Gasteiger partial charge in [-0.2, -0.15) is 0 Å². The van der Waals surface area contributed by atoms with Crippen LogP contribution < -0.4 is 15.4 Å². The highest BCUT2D eigenvalue weighted by Crippen LogP contribution is 2.29.